The summed E-state index contributed by atoms with van der Waals surface area (Å²) in [6.07, 6.45) is 0. The Bertz CT molecular complexity index is 307. The van der Waals surface area contributed by atoms with Gasteiger partial charge in [0.25, 0.3) is 0 Å². The van der Waals surface area contributed by atoms with Gasteiger partial charge in [-0.15, -0.1) is 0 Å². The van der Waals surface area contributed by atoms with Gasteiger partial charge in [-0.3, -0.25) is 0 Å². The zero-order chi connectivity index (χ0) is 9.14. The second-order valence-electron chi connectivity index (χ2n) is 2.14. The van der Waals surface area contributed by atoms with Crippen LogP contribution < -0.4 is 108 Å². The Hall–Kier alpha value is 1.39. The van der Waals surface area contributed by atoms with Crippen LogP contribution in [-0.2, 0) is 0 Å². The third-order valence-corrected chi connectivity index (χ3v) is 1.38. The van der Waals surface area contributed by atoms with E-state index in [2.05, 4.69) is 0 Å². The van der Waals surface area contributed by atoms with Crippen LogP contribution in [0.3, 0.4) is 0 Å². The Kier molecular flexibility index (Phi) is 15.2. The van der Waals surface area contributed by atoms with Crippen molar-refractivity contribution in [2.75, 3.05) is 0 Å². The summed E-state index contributed by atoms with van der Waals surface area (Å²) in [6.45, 7) is 0. The van der Waals surface area contributed by atoms with Crippen molar-refractivity contribution in [2.24, 2.45) is 0 Å². The van der Waals surface area contributed by atoms with E-state index in [9.17, 15) is 14.7 Å². The minimum Gasteiger partial charge on any atom is -0.870 e. The van der Waals surface area contributed by atoms with Gasteiger partial charge in [-0.25, -0.2) is 4.79 Å². The number of hydrogen-bond acceptors (Lipinski definition) is 4. The normalized spacial score (nSPS) is 7.47. The van der Waals surface area contributed by atoms with Crippen molar-refractivity contribution in [3.63, 3.8) is 0 Å². The van der Waals surface area contributed by atoms with Crippen LogP contribution in [0.25, 0.3) is 0 Å². The number of carboxylic acid groups (broad SMARTS) is 2. The summed E-state index contributed by atoms with van der Waals surface area (Å²) in [4.78, 5) is 20.8. The first-order valence-corrected chi connectivity index (χ1v) is 3.16. The summed E-state index contributed by atoms with van der Waals surface area (Å²) in [6, 6.07) is 5.31. The van der Waals surface area contributed by atoms with E-state index in [0.717, 1.165) is 0 Å². The molecular weight excluding hydrogens is 254 g/mol. The second kappa shape index (κ2) is 10.5. The van der Waals surface area contributed by atoms with Gasteiger partial charge in [-0.05, 0) is 6.07 Å². The molecule has 2 N–H and O–H groups in total. The first-order valence-electron chi connectivity index (χ1n) is 3.16. The number of rotatable bonds is 2. The van der Waals surface area contributed by atoms with Crippen molar-refractivity contribution in [2.45, 2.75) is 0 Å². The molecule has 0 fully saturated rings. The molecular formula is C8H6K2O5. The Morgan fingerprint density at radius 3 is 1.73 bits per heavy atom. The maximum atomic E-state index is 10.4. The van der Waals surface area contributed by atoms with Gasteiger partial charge < -0.3 is 20.5 Å². The van der Waals surface area contributed by atoms with Crippen LogP contribution in [0, 0.1) is 0 Å². The Balaban J connectivity index is -0.000000480. The minimum absolute atomic E-state index is 0. The fraction of sp³-hybridized carbons (Fsp3) is 0. The molecule has 0 saturated heterocycles. The smallest absolute Gasteiger partial charge is 0.870 e. The van der Waals surface area contributed by atoms with E-state index in [1.165, 1.54) is 24.3 Å². The van der Waals surface area contributed by atoms with Gasteiger partial charge in [0.1, 0.15) is 0 Å². The molecule has 0 atom stereocenters. The third-order valence-electron chi connectivity index (χ3n) is 1.38. The molecule has 0 amide bonds. The van der Waals surface area contributed by atoms with Gasteiger partial charge in [0, 0.05) is 5.56 Å². The van der Waals surface area contributed by atoms with Crippen LogP contribution in [0.1, 0.15) is 20.7 Å². The van der Waals surface area contributed by atoms with Gasteiger partial charge in [0.15, 0.2) is 0 Å². The first kappa shape index (κ1) is 21.7. The Morgan fingerprint density at radius 1 is 1.07 bits per heavy atom. The second-order valence-corrected chi connectivity index (χ2v) is 2.14. The number of carbonyl (C=O) groups excluding carboxylic acids is 1. The molecule has 70 valence electrons. The van der Waals surface area contributed by atoms with E-state index in [1.807, 2.05) is 0 Å². The largest absolute Gasteiger partial charge is 1.00 e. The van der Waals surface area contributed by atoms with Gasteiger partial charge in [0.2, 0.25) is 0 Å². The molecule has 1 rings (SSSR count). The molecule has 1 aromatic rings. The summed E-state index contributed by atoms with van der Waals surface area (Å²) in [7, 11) is 0. The molecule has 0 unspecified atom stereocenters. The van der Waals surface area contributed by atoms with Crippen LogP contribution in [0.5, 0.6) is 0 Å². The van der Waals surface area contributed by atoms with Gasteiger partial charge in [0.05, 0.1) is 11.5 Å². The average molecular weight is 260 g/mol. The van der Waals surface area contributed by atoms with Crippen molar-refractivity contribution >= 4 is 11.9 Å². The topological polar surface area (TPSA) is 107 Å². The Morgan fingerprint density at radius 2 is 1.47 bits per heavy atom. The first-order chi connectivity index (χ1) is 5.63. The number of benzene rings is 1. The van der Waals surface area contributed by atoms with Gasteiger partial charge >= 0.3 is 109 Å². The van der Waals surface area contributed by atoms with E-state index in [1.54, 1.807) is 0 Å². The number of carbonyl (C=O) groups is 2. The molecule has 5 nitrogen and oxygen atoms in total. The molecule has 7 heteroatoms. The van der Waals surface area contributed by atoms with Crippen molar-refractivity contribution < 1.29 is 128 Å². The van der Waals surface area contributed by atoms with Crippen molar-refractivity contribution in [3.8, 4) is 0 Å². The van der Waals surface area contributed by atoms with Crippen LogP contribution >= 0.6 is 0 Å². The van der Waals surface area contributed by atoms with Crippen molar-refractivity contribution in [1.29, 1.82) is 0 Å². The van der Waals surface area contributed by atoms with E-state index in [0.29, 0.717) is 0 Å². The zero-order valence-electron chi connectivity index (χ0n) is 8.43. The van der Waals surface area contributed by atoms with E-state index in [4.69, 9.17) is 5.11 Å². The summed E-state index contributed by atoms with van der Waals surface area (Å²) < 4.78 is 0. The average Bonchev–Trinajstić information content (AvgIpc) is 2.04. The molecule has 0 aliphatic rings. The Labute approximate surface area is 171 Å². The number of aromatic carboxylic acids is 2. The van der Waals surface area contributed by atoms with E-state index in [-0.39, 0.29) is 119 Å². The maximum Gasteiger partial charge on any atom is 1.00 e. The molecule has 0 radical (unpaired) electrons. The molecule has 0 bridgehead atoms. The number of hydrogen-bond donors (Lipinski definition) is 1. The van der Waals surface area contributed by atoms with Crippen molar-refractivity contribution in [3.05, 3.63) is 35.4 Å². The molecule has 0 aliphatic heterocycles. The molecule has 0 heterocycles. The monoisotopic (exact) mass is 260 g/mol. The fourth-order valence-electron chi connectivity index (χ4n) is 0.848. The fourth-order valence-corrected chi connectivity index (χ4v) is 0.848. The van der Waals surface area contributed by atoms with Crippen LogP contribution in [-0.4, -0.2) is 22.5 Å². The van der Waals surface area contributed by atoms with Crippen molar-refractivity contribution in [1.82, 2.24) is 0 Å². The summed E-state index contributed by atoms with van der Waals surface area (Å²) in [5.41, 5.74) is -0.553. The molecule has 0 saturated carbocycles. The third kappa shape index (κ3) is 6.64. The van der Waals surface area contributed by atoms with Crippen LogP contribution in [0.2, 0.25) is 0 Å². The number of carboxylic acids is 2. The van der Waals surface area contributed by atoms with Gasteiger partial charge in [-0.1, -0.05) is 18.2 Å². The molecule has 0 aliphatic carbocycles. The molecule has 0 spiro atoms. The predicted molar refractivity (Wildman–Crippen MR) is 39.7 cm³/mol. The molecule has 0 aromatic heterocycles. The molecule has 15 heavy (non-hydrogen) atoms. The quantitative estimate of drug-likeness (QED) is 0.532. The summed E-state index contributed by atoms with van der Waals surface area (Å²) >= 11 is 0. The predicted octanol–water partition coefficient (Wildman–Crippen LogP) is -6.42. The SMILES string of the molecule is O=C([O-])c1ccccc1C(=O)O.[K+].[K+].[OH-]. The zero-order valence-corrected chi connectivity index (χ0v) is 14.7. The maximum absolute atomic E-state index is 10.4. The summed E-state index contributed by atoms with van der Waals surface area (Å²) in [5, 5.41) is 18.9. The summed E-state index contributed by atoms with van der Waals surface area (Å²) in [5.74, 6) is -2.75. The van der Waals surface area contributed by atoms with E-state index < -0.39 is 11.9 Å². The van der Waals surface area contributed by atoms with E-state index >= 15 is 0 Å². The van der Waals surface area contributed by atoms with Crippen LogP contribution in [0.4, 0.5) is 0 Å². The standard InChI is InChI=1S/C8H6O4.2K.H2O/c9-7(10)5-3-1-2-4-6(5)8(11)12;;;/h1-4H,(H,9,10)(H,11,12);;;1H2/q;2*+1;/p-2. The van der Waals surface area contributed by atoms with Crippen LogP contribution in [0.15, 0.2) is 24.3 Å². The van der Waals surface area contributed by atoms with Gasteiger partial charge in [-0.2, -0.15) is 0 Å². The minimum atomic E-state index is -1.48. The molecule has 1 aromatic carbocycles.